The molecule has 2 aromatic rings. The zero-order valence-electron chi connectivity index (χ0n) is 10.5. The van der Waals surface area contributed by atoms with Crippen molar-refractivity contribution in [2.24, 2.45) is 0 Å². The molecule has 0 atom stereocenters. The number of carbonyl (C=O) groups is 1. The van der Waals surface area contributed by atoms with E-state index >= 15 is 0 Å². The lowest BCUT2D eigenvalue weighted by Gasteiger charge is -2.11. The van der Waals surface area contributed by atoms with Gasteiger partial charge in [0.05, 0.1) is 19.8 Å². The van der Waals surface area contributed by atoms with Crippen molar-refractivity contribution in [2.75, 3.05) is 14.2 Å². The Morgan fingerprint density at radius 3 is 2.63 bits per heavy atom. The monoisotopic (exact) mass is 321 g/mol. The molecule has 0 saturated carbocycles. The molecule has 98 valence electrons. The molecule has 0 bridgehead atoms. The molecular formula is C14H12BrNO3. The fourth-order valence-corrected chi connectivity index (χ4v) is 2.12. The Morgan fingerprint density at radius 2 is 1.95 bits per heavy atom. The van der Waals surface area contributed by atoms with E-state index in [2.05, 4.69) is 20.9 Å². The van der Waals surface area contributed by atoms with Gasteiger partial charge in [-0.1, -0.05) is 18.2 Å². The molecule has 0 aliphatic heterocycles. The lowest BCUT2D eigenvalue weighted by Crippen LogP contribution is -2.05. The number of esters is 1. The first kappa shape index (κ1) is 13.5. The Morgan fingerprint density at radius 1 is 1.21 bits per heavy atom. The van der Waals surface area contributed by atoms with E-state index in [-0.39, 0.29) is 0 Å². The number of hydrogen-bond acceptors (Lipinski definition) is 4. The van der Waals surface area contributed by atoms with E-state index in [0.29, 0.717) is 21.5 Å². The minimum absolute atomic E-state index is 0.398. The molecule has 0 radical (unpaired) electrons. The molecule has 1 aromatic heterocycles. The molecule has 1 heterocycles. The molecule has 1 aromatic carbocycles. The van der Waals surface area contributed by atoms with Gasteiger partial charge in [0.25, 0.3) is 0 Å². The second-order valence-electron chi connectivity index (χ2n) is 3.74. The third kappa shape index (κ3) is 2.76. The summed E-state index contributed by atoms with van der Waals surface area (Å²) in [5.74, 6) is 0.256. The van der Waals surface area contributed by atoms with Crippen LogP contribution in [0.25, 0.3) is 11.1 Å². The van der Waals surface area contributed by atoms with Crippen LogP contribution >= 0.6 is 15.9 Å². The summed E-state index contributed by atoms with van der Waals surface area (Å²) in [7, 11) is 2.93. The van der Waals surface area contributed by atoms with Gasteiger partial charge in [-0.25, -0.2) is 9.78 Å². The van der Waals surface area contributed by atoms with Gasteiger partial charge >= 0.3 is 5.97 Å². The van der Waals surface area contributed by atoms with Crippen molar-refractivity contribution in [1.82, 2.24) is 4.98 Å². The molecule has 0 unspecified atom stereocenters. The quantitative estimate of drug-likeness (QED) is 0.642. The van der Waals surface area contributed by atoms with E-state index in [9.17, 15) is 4.79 Å². The van der Waals surface area contributed by atoms with Gasteiger partial charge in [-0.15, -0.1) is 0 Å². The number of nitrogens with zero attached hydrogens (tertiary/aromatic N) is 1. The van der Waals surface area contributed by atoms with E-state index in [1.807, 2.05) is 24.3 Å². The van der Waals surface area contributed by atoms with Crippen LogP contribution in [0.5, 0.6) is 5.75 Å². The summed E-state index contributed by atoms with van der Waals surface area (Å²) in [4.78, 5) is 15.9. The highest BCUT2D eigenvalue weighted by Gasteiger charge is 2.17. The lowest BCUT2D eigenvalue weighted by atomic mass is 10.0. The van der Waals surface area contributed by atoms with Crippen LogP contribution in [0.4, 0.5) is 0 Å². The molecule has 0 amide bonds. The lowest BCUT2D eigenvalue weighted by molar-refractivity contribution is 0.0601. The average molecular weight is 322 g/mol. The van der Waals surface area contributed by atoms with Gasteiger partial charge in [-0.3, -0.25) is 0 Å². The van der Waals surface area contributed by atoms with Gasteiger partial charge in [0.1, 0.15) is 10.4 Å². The van der Waals surface area contributed by atoms with E-state index in [1.54, 1.807) is 13.2 Å². The van der Waals surface area contributed by atoms with Crippen LogP contribution in [0.2, 0.25) is 0 Å². The molecule has 0 saturated heterocycles. The minimum atomic E-state index is -0.430. The maximum atomic E-state index is 11.8. The Hall–Kier alpha value is -1.88. The van der Waals surface area contributed by atoms with Gasteiger partial charge < -0.3 is 9.47 Å². The summed E-state index contributed by atoms with van der Waals surface area (Å²) in [6.45, 7) is 0. The first-order valence-corrected chi connectivity index (χ1v) is 6.34. The Kier molecular flexibility index (Phi) is 4.16. The van der Waals surface area contributed by atoms with Crippen molar-refractivity contribution in [3.8, 4) is 16.9 Å². The number of halogens is 1. The molecule has 19 heavy (non-hydrogen) atoms. The number of hydrogen-bond donors (Lipinski definition) is 0. The first-order valence-electron chi connectivity index (χ1n) is 5.54. The standard InChI is InChI=1S/C14H12BrNO3/c1-18-12-6-4-3-5-9(12)10-7-13(15)16-8-11(10)14(17)19-2/h3-8H,1-2H3. The van der Waals surface area contributed by atoms with E-state index < -0.39 is 5.97 Å². The number of methoxy groups -OCH3 is 2. The van der Waals surface area contributed by atoms with Crippen molar-refractivity contribution in [3.05, 3.63) is 46.7 Å². The van der Waals surface area contributed by atoms with Crippen LogP contribution in [-0.4, -0.2) is 25.2 Å². The Bertz CT molecular complexity index is 613. The molecule has 0 fully saturated rings. The van der Waals surface area contributed by atoms with Crippen LogP contribution in [0, 0.1) is 0 Å². The molecule has 4 nitrogen and oxygen atoms in total. The normalized spacial score (nSPS) is 10.1. The van der Waals surface area contributed by atoms with Gasteiger partial charge in [0, 0.05) is 17.3 Å². The fourth-order valence-electron chi connectivity index (χ4n) is 1.79. The molecule has 0 aliphatic carbocycles. The summed E-state index contributed by atoms with van der Waals surface area (Å²) in [6.07, 6.45) is 1.48. The van der Waals surface area contributed by atoms with Crippen LogP contribution in [0.3, 0.4) is 0 Å². The van der Waals surface area contributed by atoms with Gasteiger partial charge in [0.15, 0.2) is 0 Å². The SMILES string of the molecule is COC(=O)c1cnc(Br)cc1-c1ccccc1OC. The third-order valence-corrected chi connectivity index (χ3v) is 3.11. The number of rotatable bonds is 3. The summed E-state index contributed by atoms with van der Waals surface area (Å²) in [5, 5.41) is 0. The second-order valence-corrected chi connectivity index (χ2v) is 4.56. The van der Waals surface area contributed by atoms with Crippen LogP contribution < -0.4 is 4.74 Å². The summed E-state index contributed by atoms with van der Waals surface area (Å²) < 4.78 is 10.7. The zero-order valence-corrected chi connectivity index (χ0v) is 12.1. The molecular weight excluding hydrogens is 310 g/mol. The minimum Gasteiger partial charge on any atom is -0.496 e. The number of benzene rings is 1. The van der Waals surface area contributed by atoms with Crippen molar-refractivity contribution in [2.45, 2.75) is 0 Å². The summed E-state index contributed by atoms with van der Waals surface area (Å²) >= 11 is 3.31. The van der Waals surface area contributed by atoms with Crippen molar-refractivity contribution in [1.29, 1.82) is 0 Å². The third-order valence-electron chi connectivity index (χ3n) is 2.67. The number of pyridine rings is 1. The second kappa shape index (κ2) is 5.84. The Balaban J connectivity index is 2.66. The van der Waals surface area contributed by atoms with Gasteiger partial charge in [-0.05, 0) is 28.1 Å². The number of carbonyl (C=O) groups excluding carboxylic acids is 1. The molecule has 0 aliphatic rings. The highest BCUT2D eigenvalue weighted by molar-refractivity contribution is 9.10. The predicted molar refractivity (Wildman–Crippen MR) is 75.3 cm³/mol. The molecule has 0 N–H and O–H groups in total. The zero-order chi connectivity index (χ0) is 13.8. The van der Waals surface area contributed by atoms with Crippen LogP contribution in [0.15, 0.2) is 41.1 Å². The highest BCUT2D eigenvalue weighted by atomic mass is 79.9. The predicted octanol–water partition coefficient (Wildman–Crippen LogP) is 3.31. The van der Waals surface area contributed by atoms with Gasteiger partial charge in [0.2, 0.25) is 0 Å². The number of ether oxygens (including phenoxy) is 2. The van der Waals surface area contributed by atoms with Crippen molar-refractivity contribution in [3.63, 3.8) is 0 Å². The average Bonchev–Trinajstić information content (AvgIpc) is 2.46. The largest absolute Gasteiger partial charge is 0.496 e. The van der Waals surface area contributed by atoms with Crippen LogP contribution in [-0.2, 0) is 4.74 Å². The van der Waals surface area contributed by atoms with E-state index in [0.717, 1.165) is 5.56 Å². The maximum absolute atomic E-state index is 11.8. The van der Waals surface area contributed by atoms with E-state index in [1.165, 1.54) is 13.3 Å². The fraction of sp³-hybridized carbons (Fsp3) is 0.143. The van der Waals surface area contributed by atoms with Crippen molar-refractivity contribution >= 4 is 21.9 Å². The summed E-state index contributed by atoms with van der Waals surface area (Å²) in [6, 6.07) is 9.24. The van der Waals surface area contributed by atoms with E-state index in [4.69, 9.17) is 9.47 Å². The molecule has 2 rings (SSSR count). The Labute approximate surface area is 119 Å². The van der Waals surface area contributed by atoms with Crippen molar-refractivity contribution < 1.29 is 14.3 Å². The molecule has 5 heteroatoms. The number of para-hydroxylation sites is 1. The van der Waals surface area contributed by atoms with Gasteiger partial charge in [-0.2, -0.15) is 0 Å². The molecule has 0 spiro atoms. The maximum Gasteiger partial charge on any atom is 0.340 e. The smallest absolute Gasteiger partial charge is 0.340 e. The summed E-state index contributed by atoms with van der Waals surface area (Å²) in [5.41, 5.74) is 1.93. The van der Waals surface area contributed by atoms with Crippen LogP contribution in [0.1, 0.15) is 10.4 Å². The highest BCUT2D eigenvalue weighted by Crippen LogP contribution is 2.33. The topological polar surface area (TPSA) is 48.4 Å². The number of aromatic nitrogens is 1. The first-order chi connectivity index (χ1) is 9.17.